The molecule has 0 aliphatic rings. The van der Waals surface area contributed by atoms with E-state index in [1.807, 2.05) is 13.8 Å². The maximum atomic E-state index is 12.2. The molecule has 0 bridgehead atoms. The van der Waals surface area contributed by atoms with Crippen molar-refractivity contribution in [2.75, 3.05) is 11.9 Å². The lowest BCUT2D eigenvalue weighted by Crippen LogP contribution is -2.23. The van der Waals surface area contributed by atoms with Gasteiger partial charge in [0.1, 0.15) is 21.3 Å². The van der Waals surface area contributed by atoms with Gasteiger partial charge >= 0.3 is 17.9 Å². The lowest BCUT2D eigenvalue weighted by molar-refractivity contribution is -0.159. The van der Waals surface area contributed by atoms with Crippen molar-refractivity contribution >= 4 is 45.3 Å². The number of carboxylic acid groups (broad SMARTS) is 2. The van der Waals surface area contributed by atoms with E-state index in [4.69, 9.17) is 24.5 Å². The van der Waals surface area contributed by atoms with E-state index in [0.29, 0.717) is 24.1 Å². The summed E-state index contributed by atoms with van der Waals surface area (Å²) >= 11 is 1.37. The third-order valence-electron chi connectivity index (χ3n) is 3.57. The fourth-order valence-corrected chi connectivity index (χ4v) is 3.42. The van der Waals surface area contributed by atoms with Crippen molar-refractivity contribution in [3.05, 3.63) is 16.3 Å². The van der Waals surface area contributed by atoms with Crippen LogP contribution in [0.25, 0.3) is 10.2 Å². The van der Waals surface area contributed by atoms with Crippen LogP contribution in [0.5, 0.6) is 0 Å². The van der Waals surface area contributed by atoms with Gasteiger partial charge in [-0.15, -0.1) is 11.3 Å². The zero-order valence-corrected chi connectivity index (χ0v) is 18.7. The second kappa shape index (κ2) is 11.4. The van der Waals surface area contributed by atoms with Gasteiger partial charge in [-0.05, 0) is 33.3 Å². The summed E-state index contributed by atoms with van der Waals surface area (Å²) in [5.41, 5.74) is 0.875. The van der Waals surface area contributed by atoms with E-state index < -0.39 is 11.9 Å². The Labute approximate surface area is 178 Å². The van der Waals surface area contributed by atoms with Gasteiger partial charge in [0.05, 0.1) is 18.5 Å². The normalized spacial score (nSPS) is 10.7. The molecule has 0 fully saturated rings. The molecule has 0 radical (unpaired) electrons. The smallest absolute Gasteiger partial charge is 0.414 e. The number of esters is 1. The molecule has 0 aromatic carbocycles. The van der Waals surface area contributed by atoms with Crippen LogP contribution in [0.3, 0.4) is 0 Å². The van der Waals surface area contributed by atoms with Gasteiger partial charge in [-0.1, -0.05) is 13.8 Å². The first-order chi connectivity index (χ1) is 14.0. The van der Waals surface area contributed by atoms with Crippen molar-refractivity contribution in [2.45, 2.75) is 60.2 Å². The average molecular weight is 441 g/mol. The quantitative estimate of drug-likeness (QED) is 0.373. The van der Waals surface area contributed by atoms with Gasteiger partial charge in [-0.25, -0.2) is 24.4 Å². The number of aliphatic carboxylic acids is 2. The third kappa shape index (κ3) is 7.23. The zero-order chi connectivity index (χ0) is 23.0. The van der Waals surface area contributed by atoms with Crippen molar-refractivity contribution in [1.29, 1.82) is 0 Å². The van der Waals surface area contributed by atoms with Crippen molar-refractivity contribution in [3.63, 3.8) is 0 Å². The summed E-state index contributed by atoms with van der Waals surface area (Å²) in [6.45, 7) is 13.0. The molecule has 2 rings (SSSR count). The van der Waals surface area contributed by atoms with Crippen LogP contribution in [-0.2, 0) is 20.9 Å². The van der Waals surface area contributed by atoms with E-state index in [2.05, 4.69) is 48.3 Å². The number of aromatic nitrogens is 2. The first-order valence-corrected chi connectivity index (χ1v) is 10.2. The standard InChI is InChI=1S/C17H26N4O2S.C2H2O4/c1-7-23-17(22)14-11(6)13-15(19-10(4)5)20-12(8-18-9(2)3)21-16(13)24-14;3-1(4)2(5)6/h9-10,18H,7-8H2,1-6H3,(H,19,20,21);(H,3,4)(H,5,6). The molecule has 2 aromatic heterocycles. The second-order valence-corrected chi connectivity index (χ2v) is 7.89. The SMILES string of the molecule is CCOC(=O)c1sc2nc(CNC(C)C)nc(NC(C)C)c2c1C.O=C(O)C(=O)O. The number of nitrogens with zero attached hydrogens (tertiary/aromatic N) is 2. The van der Waals surface area contributed by atoms with Crippen molar-refractivity contribution in [3.8, 4) is 0 Å². The molecule has 0 aliphatic heterocycles. The minimum Gasteiger partial charge on any atom is -0.473 e. The highest BCUT2D eigenvalue weighted by Gasteiger charge is 2.21. The van der Waals surface area contributed by atoms with Gasteiger partial charge in [0, 0.05) is 12.1 Å². The average Bonchev–Trinajstić information content (AvgIpc) is 2.97. The van der Waals surface area contributed by atoms with Crippen LogP contribution in [-0.4, -0.2) is 56.8 Å². The minimum atomic E-state index is -1.82. The number of aryl methyl sites for hydroxylation is 1. The summed E-state index contributed by atoms with van der Waals surface area (Å²) in [5, 5.41) is 22.4. The van der Waals surface area contributed by atoms with Crippen LogP contribution in [0, 0.1) is 6.92 Å². The molecule has 0 saturated carbocycles. The highest BCUT2D eigenvalue weighted by atomic mass is 32.1. The summed E-state index contributed by atoms with van der Waals surface area (Å²) in [6, 6.07) is 0.588. The number of carbonyl (C=O) groups is 3. The number of carbonyl (C=O) groups excluding carboxylic acids is 1. The zero-order valence-electron chi connectivity index (χ0n) is 17.9. The Balaban J connectivity index is 0.000000656. The number of nitrogens with one attached hydrogen (secondary N) is 2. The predicted molar refractivity (Wildman–Crippen MR) is 114 cm³/mol. The predicted octanol–water partition coefficient (Wildman–Crippen LogP) is 2.65. The molecule has 0 saturated heterocycles. The maximum absolute atomic E-state index is 12.2. The number of ether oxygens (including phenoxy) is 1. The van der Waals surface area contributed by atoms with E-state index in [-0.39, 0.29) is 12.0 Å². The van der Waals surface area contributed by atoms with Crippen LogP contribution < -0.4 is 10.6 Å². The third-order valence-corrected chi connectivity index (χ3v) is 4.74. The van der Waals surface area contributed by atoms with Crippen LogP contribution in [0.15, 0.2) is 0 Å². The number of fused-ring (bicyclic) bond motifs is 1. The Morgan fingerprint density at radius 1 is 1.07 bits per heavy atom. The molecule has 166 valence electrons. The van der Waals surface area contributed by atoms with Gasteiger partial charge in [0.25, 0.3) is 0 Å². The summed E-state index contributed by atoms with van der Waals surface area (Å²) < 4.78 is 5.16. The van der Waals surface area contributed by atoms with E-state index in [9.17, 15) is 4.79 Å². The lowest BCUT2D eigenvalue weighted by Gasteiger charge is -2.13. The molecule has 0 atom stereocenters. The molecule has 4 N–H and O–H groups in total. The maximum Gasteiger partial charge on any atom is 0.414 e. The molecular weight excluding hydrogens is 412 g/mol. The lowest BCUT2D eigenvalue weighted by atomic mass is 10.2. The molecule has 0 spiro atoms. The number of hydrogen-bond acceptors (Lipinski definition) is 9. The van der Waals surface area contributed by atoms with Gasteiger partial charge in [-0.3, -0.25) is 0 Å². The number of carboxylic acids is 2. The van der Waals surface area contributed by atoms with Crippen molar-refractivity contribution in [1.82, 2.24) is 15.3 Å². The Morgan fingerprint density at radius 2 is 1.67 bits per heavy atom. The van der Waals surface area contributed by atoms with Crippen LogP contribution >= 0.6 is 11.3 Å². The fraction of sp³-hybridized carbons (Fsp3) is 0.526. The summed E-state index contributed by atoms with van der Waals surface area (Å²) in [4.78, 5) is 41.1. The van der Waals surface area contributed by atoms with Gasteiger partial charge in [0.2, 0.25) is 0 Å². The molecular formula is C19H28N4O6S. The first-order valence-electron chi connectivity index (χ1n) is 9.41. The van der Waals surface area contributed by atoms with Gasteiger partial charge in [0.15, 0.2) is 0 Å². The number of thiophene rings is 1. The highest BCUT2D eigenvalue weighted by molar-refractivity contribution is 7.20. The summed E-state index contributed by atoms with van der Waals surface area (Å²) in [7, 11) is 0. The fourth-order valence-electron chi connectivity index (χ4n) is 2.33. The summed E-state index contributed by atoms with van der Waals surface area (Å²) in [6.07, 6.45) is 0. The second-order valence-electron chi connectivity index (χ2n) is 6.89. The molecule has 10 nitrogen and oxygen atoms in total. The van der Waals surface area contributed by atoms with Crippen LogP contribution in [0.1, 0.15) is 55.7 Å². The number of rotatable bonds is 7. The minimum absolute atomic E-state index is 0.236. The van der Waals surface area contributed by atoms with E-state index in [0.717, 1.165) is 27.4 Å². The molecule has 2 aromatic rings. The first kappa shape index (κ1) is 25.2. The van der Waals surface area contributed by atoms with Crippen molar-refractivity contribution < 1.29 is 29.3 Å². The van der Waals surface area contributed by atoms with Gasteiger partial charge in [-0.2, -0.15) is 0 Å². The Bertz CT molecular complexity index is 898. The monoisotopic (exact) mass is 440 g/mol. The Kier molecular flexibility index (Phi) is 9.60. The van der Waals surface area contributed by atoms with E-state index in [1.165, 1.54) is 11.3 Å². The molecule has 0 amide bonds. The van der Waals surface area contributed by atoms with Crippen LogP contribution in [0.4, 0.5) is 5.82 Å². The molecule has 0 aliphatic carbocycles. The van der Waals surface area contributed by atoms with Crippen molar-refractivity contribution in [2.24, 2.45) is 0 Å². The Morgan fingerprint density at radius 3 is 2.13 bits per heavy atom. The number of anilines is 1. The van der Waals surface area contributed by atoms with E-state index >= 15 is 0 Å². The largest absolute Gasteiger partial charge is 0.473 e. The number of hydrogen-bond donors (Lipinski definition) is 4. The van der Waals surface area contributed by atoms with E-state index in [1.54, 1.807) is 0 Å². The molecule has 11 heteroatoms. The Hall–Kier alpha value is -2.79. The molecule has 0 unspecified atom stereocenters. The summed E-state index contributed by atoms with van der Waals surface area (Å²) in [5.74, 6) is -2.45. The topological polar surface area (TPSA) is 151 Å². The van der Waals surface area contributed by atoms with Gasteiger partial charge < -0.3 is 25.6 Å². The van der Waals surface area contributed by atoms with Crippen LogP contribution in [0.2, 0.25) is 0 Å². The molecule has 2 heterocycles. The molecule has 30 heavy (non-hydrogen) atoms. The highest BCUT2D eigenvalue weighted by Crippen LogP contribution is 2.34.